The summed E-state index contributed by atoms with van der Waals surface area (Å²) in [4.78, 5) is 1.79. The second kappa shape index (κ2) is 2.62. The van der Waals surface area contributed by atoms with Gasteiger partial charge in [-0.3, -0.25) is 4.90 Å². The molecule has 1 heterocycles. The topological polar surface area (TPSA) is 3.01 Å². The van der Waals surface area contributed by atoms with Gasteiger partial charge in [-0.1, -0.05) is 30.3 Å². The number of hydrogen-bond acceptors (Lipinski definition) is 1. The van der Waals surface area contributed by atoms with Gasteiger partial charge in [-0.25, -0.2) is 4.39 Å². The fourth-order valence-corrected chi connectivity index (χ4v) is 1.13. The quantitative estimate of drug-likeness (QED) is 0.460. The SMILES string of the molecule is FC1CN1Cc1ccccc1. The van der Waals surface area contributed by atoms with Crippen LogP contribution in [0.2, 0.25) is 0 Å². The van der Waals surface area contributed by atoms with Crippen molar-refractivity contribution in [1.29, 1.82) is 0 Å². The molecule has 0 N–H and O–H groups in total. The third-order valence-corrected chi connectivity index (χ3v) is 1.88. The van der Waals surface area contributed by atoms with Crippen LogP contribution in [0.4, 0.5) is 4.39 Å². The van der Waals surface area contributed by atoms with E-state index in [0.717, 1.165) is 6.54 Å². The molecule has 2 heteroatoms. The fraction of sp³-hybridized carbons (Fsp3) is 0.333. The second-order valence-electron chi connectivity index (χ2n) is 2.85. The summed E-state index contributed by atoms with van der Waals surface area (Å²) in [5.41, 5.74) is 1.19. The standard InChI is InChI=1S/C9H10FN/c10-9-7-11(9)6-8-4-2-1-3-5-8/h1-5,9H,6-7H2. The fourth-order valence-electron chi connectivity index (χ4n) is 1.13. The van der Waals surface area contributed by atoms with Gasteiger partial charge in [-0.05, 0) is 5.56 Å². The van der Waals surface area contributed by atoms with Gasteiger partial charge < -0.3 is 0 Å². The van der Waals surface area contributed by atoms with Crippen LogP contribution in [0.15, 0.2) is 30.3 Å². The summed E-state index contributed by atoms with van der Waals surface area (Å²) < 4.78 is 12.4. The lowest BCUT2D eigenvalue weighted by atomic mass is 10.2. The van der Waals surface area contributed by atoms with Gasteiger partial charge in [0.2, 0.25) is 0 Å². The lowest BCUT2D eigenvalue weighted by Gasteiger charge is -1.99. The van der Waals surface area contributed by atoms with Crippen LogP contribution < -0.4 is 0 Å². The van der Waals surface area contributed by atoms with E-state index in [1.54, 1.807) is 4.90 Å². The van der Waals surface area contributed by atoms with Crippen molar-refractivity contribution in [2.24, 2.45) is 0 Å². The summed E-state index contributed by atoms with van der Waals surface area (Å²) in [5, 5.41) is 0. The minimum absolute atomic E-state index is 0.606. The molecule has 0 bridgehead atoms. The first-order valence-corrected chi connectivity index (χ1v) is 3.78. The molecule has 58 valence electrons. The molecule has 2 rings (SSSR count). The maximum atomic E-state index is 12.4. The molecule has 11 heavy (non-hydrogen) atoms. The van der Waals surface area contributed by atoms with E-state index in [9.17, 15) is 4.39 Å². The van der Waals surface area contributed by atoms with Gasteiger partial charge in [0.1, 0.15) is 0 Å². The highest BCUT2D eigenvalue weighted by Gasteiger charge is 2.33. The van der Waals surface area contributed by atoms with Crippen LogP contribution in [-0.2, 0) is 6.54 Å². The van der Waals surface area contributed by atoms with Crippen molar-refractivity contribution >= 4 is 0 Å². The molecule has 0 aliphatic carbocycles. The Kier molecular flexibility index (Phi) is 1.62. The molecular formula is C9H10FN. The average Bonchev–Trinajstić information content (AvgIpc) is 2.69. The number of nitrogens with zero attached hydrogens (tertiary/aromatic N) is 1. The highest BCUT2D eigenvalue weighted by molar-refractivity contribution is 5.15. The lowest BCUT2D eigenvalue weighted by Crippen LogP contribution is -1.98. The van der Waals surface area contributed by atoms with Gasteiger partial charge in [0.25, 0.3) is 0 Å². The van der Waals surface area contributed by atoms with Crippen LogP contribution in [0.5, 0.6) is 0 Å². The largest absolute Gasteiger partial charge is 0.264 e. The number of benzene rings is 1. The van der Waals surface area contributed by atoms with Crippen LogP contribution in [0, 0.1) is 0 Å². The first-order chi connectivity index (χ1) is 5.36. The van der Waals surface area contributed by atoms with E-state index in [1.165, 1.54) is 5.56 Å². The molecule has 1 nitrogen and oxygen atoms in total. The van der Waals surface area contributed by atoms with E-state index in [1.807, 2.05) is 30.3 Å². The Morgan fingerprint density at radius 3 is 2.55 bits per heavy atom. The molecule has 1 aliphatic rings. The molecule has 1 fully saturated rings. The Morgan fingerprint density at radius 2 is 2.00 bits per heavy atom. The van der Waals surface area contributed by atoms with E-state index >= 15 is 0 Å². The van der Waals surface area contributed by atoms with Crippen molar-refractivity contribution in [1.82, 2.24) is 4.90 Å². The lowest BCUT2D eigenvalue weighted by molar-refractivity contribution is 0.344. The Bertz CT molecular complexity index is 235. The number of alkyl halides is 1. The number of rotatable bonds is 2. The van der Waals surface area contributed by atoms with Crippen molar-refractivity contribution in [3.05, 3.63) is 35.9 Å². The van der Waals surface area contributed by atoms with Crippen LogP contribution >= 0.6 is 0 Å². The normalized spacial score (nSPS) is 28.5. The highest BCUT2D eigenvalue weighted by Crippen LogP contribution is 2.21. The molecule has 0 saturated carbocycles. The molecular weight excluding hydrogens is 141 g/mol. The first kappa shape index (κ1) is 6.80. The molecule has 1 aliphatic heterocycles. The Balaban J connectivity index is 1.97. The van der Waals surface area contributed by atoms with Gasteiger partial charge in [0, 0.05) is 13.1 Å². The predicted octanol–water partition coefficient (Wildman–Crippen LogP) is 1.80. The Labute approximate surface area is 65.4 Å². The number of halogens is 1. The van der Waals surface area contributed by atoms with E-state index in [4.69, 9.17) is 0 Å². The van der Waals surface area contributed by atoms with Crippen LogP contribution in [-0.4, -0.2) is 17.7 Å². The zero-order valence-corrected chi connectivity index (χ0v) is 6.20. The van der Waals surface area contributed by atoms with Crippen molar-refractivity contribution in [3.8, 4) is 0 Å². The second-order valence-corrected chi connectivity index (χ2v) is 2.85. The maximum Gasteiger partial charge on any atom is 0.166 e. The van der Waals surface area contributed by atoms with Crippen molar-refractivity contribution in [2.75, 3.05) is 6.54 Å². The first-order valence-electron chi connectivity index (χ1n) is 3.78. The third kappa shape index (κ3) is 1.57. The molecule has 0 spiro atoms. The van der Waals surface area contributed by atoms with E-state index in [-0.39, 0.29) is 0 Å². The van der Waals surface area contributed by atoms with Crippen LogP contribution in [0.25, 0.3) is 0 Å². The average molecular weight is 151 g/mol. The van der Waals surface area contributed by atoms with E-state index < -0.39 is 6.30 Å². The monoisotopic (exact) mass is 151 g/mol. The van der Waals surface area contributed by atoms with Gasteiger partial charge >= 0.3 is 0 Å². The molecule has 0 radical (unpaired) electrons. The molecule has 1 saturated heterocycles. The molecule has 0 aromatic heterocycles. The molecule has 2 atom stereocenters. The zero-order chi connectivity index (χ0) is 7.68. The van der Waals surface area contributed by atoms with E-state index in [0.29, 0.717) is 6.54 Å². The summed E-state index contributed by atoms with van der Waals surface area (Å²) in [6.07, 6.45) is -0.685. The molecule has 1 aromatic carbocycles. The molecule has 2 unspecified atom stereocenters. The predicted molar refractivity (Wildman–Crippen MR) is 41.7 cm³/mol. The maximum absolute atomic E-state index is 12.4. The zero-order valence-electron chi connectivity index (χ0n) is 6.20. The van der Waals surface area contributed by atoms with Crippen LogP contribution in [0.3, 0.4) is 0 Å². The van der Waals surface area contributed by atoms with Gasteiger partial charge in [0.15, 0.2) is 6.30 Å². The van der Waals surface area contributed by atoms with Gasteiger partial charge in [-0.2, -0.15) is 0 Å². The molecule has 1 aromatic rings. The van der Waals surface area contributed by atoms with Crippen molar-refractivity contribution in [2.45, 2.75) is 12.8 Å². The summed E-state index contributed by atoms with van der Waals surface area (Å²) in [6, 6.07) is 9.97. The number of hydrogen-bond donors (Lipinski definition) is 0. The highest BCUT2D eigenvalue weighted by atomic mass is 19.1. The Morgan fingerprint density at radius 1 is 1.36 bits per heavy atom. The minimum atomic E-state index is -0.685. The summed E-state index contributed by atoms with van der Waals surface area (Å²) >= 11 is 0. The van der Waals surface area contributed by atoms with E-state index in [2.05, 4.69) is 0 Å². The third-order valence-electron chi connectivity index (χ3n) is 1.88. The van der Waals surface area contributed by atoms with Gasteiger partial charge in [-0.15, -0.1) is 0 Å². The van der Waals surface area contributed by atoms with Gasteiger partial charge in [0.05, 0.1) is 0 Å². The van der Waals surface area contributed by atoms with Crippen molar-refractivity contribution in [3.63, 3.8) is 0 Å². The minimum Gasteiger partial charge on any atom is -0.264 e. The van der Waals surface area contributed by atoms with Crippen LogP contribution in [0.1, 0.15) is 5.56 Å². The smallest absolute Gasteiger partial charge is 0.166 e. The Hall–Kier alpha value is -0.890. The molecule has 0 amide bonds. The summed E-state index contributed by atoms with van der Waals surface area (Å²) in [5.74, 6) is 0. The van der Waals surface area contributed by atoms with Crippen molar-refractivity contribution < 1.29 is 4.39 Å². The summed E-state index contributed by atoms with van der Waals surface area (Å²) in [7, 11) is 0. The summed E-state index contributed by atoms with van der Waals surface area (Å²) in [6.45, 7) is 1.36.